The zero-order valence-electron chi connectivity index (χ0n) is 23.4. The molecule has 2 aliphatic heterocycles. The van der Waals surface area contributed by atoms with Gasteiger partial charge in [0.05, 0.1) is 12.8 Å². The van der Waals surface area contributed by atoms with Crippen molar-refractivity contribution in [3.05, 3.63) is 94.8 Å². The highest BCUT2D eigenvalue weighted by Crippen LogP contribution is 2.31. The van der Waals surface area contributed by atoms with Gasteiger partial charge >= 0.3 is 0 Å². The van der Waals surface area contributed by atoms with Crippen LogP contribution in [0.15, 0.2) is 60.7 Å². The van der Waals surface area contributed by atoms with Gasteiger partial charge in [0.1, 0.15) is 24.1 Å². The Morgan fingerprint density at radius 1 is 0.976 bits per heavy atom. The average molecular weight is 556 g/mol. The number of aryl methyl sites for hydroxylation is 3. The lowest BCUT2D eigenvalue weighted by Gasteiger charge is -2.31. The number of piperidine rings is 1. The fraction of sp³-hybridized carbons (Fsp3) is 0.344. The van der Waals surface area contributed by atoms with Gasteiger partial charge in [-0.05, 0) is 98.4 Å². The van der Waals surface area contributed by atoms with Crippen LogP contribution in [0.2, 0.25) is 0 Å². The fourth-order valence-corrected chi connectivity index (χ4v) is 5.74. The van der Waals surface area contributed by atoms with Crippen LogP contribution in [0, 0.1) is 18.7 Å². The molecule has 0 bridgehead atoms. The summed E-state index contributed by atoms with van der Waals surface area (Å²) in [4.78, 5) is 15.5. The van der Waals surface area contributed by atoms with E-state index in [2.05, 4.69) is 37.1 Å². The van der Waals surface area contributed by atoms with Crippen molar-refractivity contribution in [2.24, 2.45) is 5.92 Å². The minimum Gasteiger partial charge on any atom is -0.493 e. The molecule has 1 amide bonds. The summed E-state index contributed by atoms with van der Waals surface area (Å²) in [6.07, 6.45) is 3.37. The van der Waals surface area contributed by atoms with Gasteiger partial charge in [-0.25, -0.2) is 4.39 Å². The number of carbonyl (C=O) groups is 1. The quantitative estimate of drug-likeness (QED) is 0.320. The molecule has 8 nitrogen and oxygen atoms in total. The van der Waals surface area contributed by atoms with Crippen molar-refractivity contribution < 1.29 is 18.7 Å². The predicted octanol–water partition coefficient (Wildman–Crippen LogP) is 5.25. The summed E-state index contributed by atoms with van der Waals surface area (Å²) in [7, 11) is 1.63. The Kier molecular flexibility index (Phi) is 7.69. The Hall–Kier alpha value is -4.24. The molecule has 0 atom stereocenters. The molecule has 6 rings (SSSR count). The average Bonchev–Trinajstić information content (AvgIpc) is 3.38. The lowest BCUT2D eigenvalue weighted by atomic mass is 9.95. The monoisotopic (exact) mass is 555 g/mol. The third-order valence-corrected chi connectivity index (χ3v) is 8.00. The van der Waals surface area contributed by atoms with Crippen molar-refractivity contribution in [3.63, 3.8) is 0 Å². The number of carbonyl (C=O) groups excluding carboxylic acids is 1. The molecule has 212 valence electrons. The number of fused-ring (bicyclic) bond motifs is 3. The lowest BCUT2D eigenvalue weighted by Crippen LogP contribution is -2.37. The Balaban J connectivity index is 1.01. The van der Waals surface area contributed by atoms with E-state index in [0.717, 1.165) is 79.5 Å². The number of aromatic nitrogens is 3. The van der Waals surface area contributed by atoms with Gasteiger partial charge in [0, 0.05) is 24.6 Å². The van der Waals surface area contributed by atoms with E-state index in [0.29, 0.717) is 18.1 Å². The first-order chi connectivity index (χ1) is 20.0. The smallest absolute Gasteiger partial charge is 0.227 e. The molecule has 2 aliphatic rings. The van der Waals surface area contributed by atoms with Crippen LogP contribution in [0.5, 0.6) is 11.5 Å². The molecule has 0 spiro atoms. The standard InChI is InChI=1S/C32H34FN5O3/c1-21-35-36-31-12-6-25-18-27(9-10-28(25)38(21)31)34-32(39)24-13-15-37(16-14-24)19-23-5-11-29(30(17-23)40-2)41-20-22-3-7-26(33)8-4-22/h3-5,7-11,17-18,24H,6,12-16,19-20H2,1-2H3,(H,34,39). The summed E-state index contributed by atoms with van der Waals surface area (Å²) in [6, 6.07) is 18.4. The summed E-state index contributed by atoms with van der Waals surface area (Å²) in [6.45, 7) is 4.77. The molecular weight excluding hydrogens is 521 g/mol. The predicted molar refractivity (Wildman–Crippen MR) is 154 cm³/mol. The van der Waals surface area contributed by atoms with Crippen molar-refractivity contribution >= 4 is 11.6 Å². The van der Waals surface area contributed by atoms with E-state index in [9.17, 15) is 9.18 Å². The van der Waals surface area contributed by atoms with Crippen LogP contribution in [0.1, 0.15) is 41.2 Å². The number of anilines is 1. The van der Waals surface area contributed by atoms with Gasteiger partial charge in [-0.1, -0.05) is 18.2 Å². The Morgan fingerprint density at radius 2 is 1.76 bits per heavy atom. The minimum absolute atomic E-state index is 0.00856. The second-order valence-corrected chi connectivity index (χ2v) is 10.8. The number of hydrogen-bond acceptors (Lipinski definition) is 6. The van der Waals surface area contributed by atoms with Crippen LogP contribution in [0.25, 0.3) is 5.69 Å². The highest BCUT2D eigenvalue weighted by Gasteiger charge is 2.26. The van der Waals surface area contributed by atoms with E-state index < -0.39 is 0 Å². The Morgan fingerprint density at radius 3 is 2.54 bits per heavy atom. The molecule has 41 heavy (non-hydrogen) atoms. The molecule has 0 unspecified atom stereocenters. The van der Waals surface area contributed by atoms with Crippen molar-refractivity contribution in [3.8, 4) is 17.2 Å². The number of nitrogens with one attached hydrogen (secondary N) is 1. The van der Waals surface area contributed by atoms with Crippen LogP contribution in [-0.2, 0) is 30.8 Å². The molecular formula is C32H34FN5O3. The maximum atomic E-state index is 13.2. The summed E-state index contributed by atoms with van der Waals surface area (Å²) in [5, 5.41) is 11.6. The molecule has 3 heterocycles. The number of hydrogen-bond donors (Lipinski definition) is 1. The Labute approximate surface area is 239 Å². The summed E-state index contributed by atoms with van der Waals surface area (Å²) >= 11 is 0. The first-order valence-electron chi connectivity index (χ1n) is 14.1. The summed E-state index contributed by atoms with van der Waals surface area (Å²) in [5.74, 6) is 3.00. The molecule has 0 saturated carbocycles. The van der Waals surface area contributed by atoms with Crippen LogP contribution < -0.4 is 14.8 Å². The SMILES string of the molecule is COc1cc(CN2CCC(C(=O)Nc3ccc4c(c3)CCc3nnc(C)n3-4)CC2)ccc1OCc1ccc(F)cc1. The van der Waals surface area contributed by atoms with E-state index >= 15 is 0 Å². The molecule has 1 N–H and O–H groups in total. The van der Waals surface area contributed by atoms with Crippen LogP contribution in [0.4, 0.5) is 10.1 Å². The number of methoxy groups -OCH3 is 1. The van der Waals surface area contributed by atoms with E-state index in [1.807, 2.05) is 31.2 Å². The lowest BCUT2D eigenvalue weighted by molar-refractivity contribution is -0.121. The zero-order chi connectivity index (χ0) is 28.3. The third kappa shape index (κ3) is 5.95. The minimum atomic E-state index is -0.266. The first kappa shape index (κ1) is 27.0. The highest BCUT2D eigenvalue weighted by molar-refractivity contribution is 5.92. The number of halogens is 1. The topological polar surface area (TPSA) is 81.5 Å². The number of amides is 1. The number of benzene rings is 3. The number of nitrogens with zero attached hydrogens (tertiary/aromatic N) is 4. The van der Waals surface area contributed by atoms with Crippen molar-refractivity contribution in [2.45, 2.75) is 45.8 Å². The van der Waals surface area contributed by atoms with E-state index in [1.165, 1.54) is 17.7 Å². The van der Waals surface area contributed by atoms with Gasteiger partial charge in [0.25, 0.3) is 0 Å². The maximum absolute atomic E-state index is 13.2. The molecule has 0 radical (unpaired) electrons. The van der Waals surface area contributed by atoms with Crippen molar-refractivity contribution in [1.82, 2.24) is 19.7 Å². The summed E-state index contributed by atoms with van der Waals surface area (Å²) < 4.78 is 26.8. The zero-order valence-corrected chi connectivity index (χ0v) is 23.4. The van der Waals surface area contributed by atoms with Crippen LogP contribution >= 0.6 is 0 Å². The van der Waals surface area contributed by atoms with Gasteiger partial charge in [0.2, 0.25) is 5.91 Å². The number of ether oxygens (including phenoxy) is 2. The second kappa shape index (κ2) is 11.7. The van der Waals surface area contributed by atoms with Crippen LogP contribution in [-0.4, -0.2) is 45.8 Å². The third-order valence-electron chi connectivity index (χ3n) is 8.00. The normalized spacial score (nSPS) is 15.2. The van der Waals surface area contributed by atoms with Gasteiger partial charge in [-0.2, -0.15) is 0 Å². The van der Waals surface area contributed by atoms with E-state index in [4.69, 9.17) is 9.47 Å². The molecule has 1 fully saturated rings. The molecule has 9 heteroatoms. The van der Waals surface area contributed by atoms with Gasteiger partial charge in [0.15, 0.2) is 11.5 Å². The number of likely N-dealkylation sites (tertiary alicyclic amines) is 1. The molecule has 1 saturated heterocycles. The van der Waals surface area contributed by atoms with Gasteiger partial charge in [-0.15, -0.1) is 10.2 Å². The summed E-state index contributed by atoms with van der Waals surface area (Å²) in [5.41, 5.74) is 5.16. The van der Waals surface area contributed by atoms with Crippen LogP contribution in [0.3, 0.4) is 0 Å². The number of rotatable bonds is 8. The van der Waals surface area contributed by atoms with Crippen molar-refractivity contribution in [2.75, 3.05) is 25.5 Å². The van der Waals surface area contributed by atoms with Gasteiger partial charge < -0.3 is 14.8 Å². The molecule has 0 aliphatic carbocycles. The van der Waals surface area contributed by atoms with Crippen molar-refractivity contribution in [1.29, 1.82) is 0 Å². The Bertz CT molecular complexity index is 1540. The van der Waals surface area contributed by atoms with Gasteiger partial charge in [-0.3, -0.25) is 14.3 Å². The largest absolute Gasteiger partial charge is 0.493 e. The molecule has 1 aromatic heterocycles. The van der Waals surface area contributed by atoms with E-state index in [-0.39, 0.29) is 17.6 Å². The maximum Gasteiger partial charge on any atom is 0.227 e. The highest BCUT2D eigenvalue weighted by atomic mass is 19.1. The van der Waals surface area contributed by atoms with E-state index in [1.54, 1.807) is 19.2 Å². The molecule has 3 aromatic carbocycles. The first-order valence-corrected chi connectivity index (χ1v) is 14.1. The second-order valence-electron chi connectivity index (χ2n) is 10.8. The molecule has 4 aromatic rings. The fourth-order valence-electron chi connectivity index (χ4n) is 5.74.